The van der Waals surface area contributed by atoms with Gasteiger partial charge < -0.3 is 15.0 Å². The maximum Gasteiger partial charge on any atom is 0.249 e. The van der Waals surface area contributed by atoms with Gasteiger partial charge in [0, 0.05) is 25.7 Å². The van der Waals surface area contributed by atoms with Crippen LogP contribution < -0.4 is 5.32 Å². The summed E-state index contributed by atoms with van der Waals surface area (Å²) in [6, 6.07) is 10.6. The number of hydrogen-bond donors (Lipinski definition) is 1. The number of nitrogens with zero attached hydrogens (tertiary/aromatic N) is 2. The molecule has 2 fully saturated rings. The fourth-order valence-corrected chi connectivity index (χ4v) is 3.56. The first-order valence-electron chi connectivity index (χ1n) is 9.03. The van der Waals surface area contributed by atoms with Gasteiger partial charge in [0.15, 0.2) is 0 Å². The number of carbonyl (C=O) groups is 2. The fraction of sp³-hybridized carbons (Fsp3) is 0.579. The van der Waals surface area contributed by atoms with Crippen molar-refractivity contribution in [3.8, 4) is 0 Å². The van der Waals surface area contributed by atoms with Gasteiger partial charge in [-0.05, 0) is 31.4 Å². The molecular weight excluding hydrogens is 318 g/mol. The minimum atomic E-state index is -0.107. The Morgan fingerprint density at radius 2 is 2.12 bits per heavy atom. The second kappa shape index (κ2) is 8.45. The summed E-state index contributed by atoms with van der Waals surface area (Å²) >= 11 is 0. The SMILES string of the molecule is C[C@@H](NC(=O)CN1CCOCC1=O)[C@H]1CCN(Cc2ccccc2)C1. The molecule has 6 heteroatoms. The van der Waals surface area contributed by atoms with Crippen LogP contribution in [0.4, 0.5) is 0 Å². The molecule has 0 saturated carbocycles. The zero-order chi connectivity index (χ0) is 17.6. The molecule has 6 nitrogen and oxygen atoms in total. The smallest absolute Gasteiger partial charge is 0.249 e. The van der Waals surface area contributed by atoms with Crippen molar-refractivity contribution in [1.29, 1.82) is 0 Å². The summed E-state index contributed by atoms with van der Waals surface area (Å²) in [6.45, 7) is 6.29. The molecule has 1 aromatic rings. The van der Waals surface area contributed by atoms with Crippen LogP contribution in [0.2, 0.25) is 0 Å². The summed E-state index contributed by atoms with van der Waals surface area (Å²) < 4.78 is 5.09. The van der Waals surface area contributed by atoms with Crippen molar-refractivity contribution >= 4 is 11.8 Å². The number of carbonyl (C=O) groups excluding carboxylic acids is 2. The number of rotatable bonds is 6. The first-order valence-corrected chi connectivity index (χ1v) is 9.03. The molecule has 0 spiro atoms. The largest absolute Gasteiger partial charge is 0.370 e. The second-order valence-corrected chi connectivity index (χ2v) is 6.99. The van der Waals surface area contributed by atoms with Crippen molar-refractivity contribution in [3.63, 3.8) is 0 Å². The van der Waals surface area contributed by atoms with Crippen LogP contribution in [-0.2, 0) is 20.9 Å². The van der Waals surface area contributed by atoms with E-state index in [0.717, 1.165) is 26.1 Å². The standard InChI is InChI=1S/C19H27N3O3/c1-15(20-18(23)13-22-9-10-25-14-19(22)24)17-7-8-21(12-17)11-16-5-3-2-4-6-16/h2-6,15,17H,7-14H2,1H3,(H,20,23)/t15-,17+/m1/s1. The molecule has 3 rings (SSSR count). The Morgan fingerprint density at radius 3 is 2.88 bits per heavy atom. The number of benzene rings is 1. The Balaban J connectivity index is 1.43. The van der Waals surface area contributed by atoms with Crippen molar-refractivity contribution in [2.45, 2.75) is 25.9 Å². The minimum absolute atomic E-state index is 0.0794. The van der Waals surface area contributed by atoms with Crippen LogP contribution in [-0.4, -0.2) is 67.0 Å². The van der Waals surface area contributed by atoms with E-state index in [4.69, 9.17) is 4.74 Å². The normalized spacial score (nSPS) is 22.8. The van der Waals surface area contributed by atoms with E-state index in [-0.39, 0.29) is 31.0 Å². The molecule has 0 radical (unpaired) electrons. The van der Waals surface area contributed by atoms with Gasteiger partial charge in [-0.15, -0.1) is 0 Å². The molecule has 2 aliphatic heterocycles. The zero-order valence-electron chi connectivity index (χ0n) is 14.8. The number of morpholine rings is 1. The van der Waals surface area contributed by atoms with E-state index in [1.165, 1.54) is 5.56 Å². The van der Waals surface area contributed by atoms with Gasteiger partial charge in [0.05, 0.1) is 13.2 Å². The van der Waals surface area contributed by atoms with Gasteiger partial charge in [-0.25, -0.2) is 0 Å². The highest BCUT2D eigenvalue weighted by atomic mass is 16.5. The number of nitrogens with one attached hydrogen (secondary N) is 1. The van der Waals surface area contributed by atoms with Gasteiger partial charge >= 0.3 is 0 Å². The predicted octanol–water partition coefficient (Wildman–Crippen LogP) is 0.872. The summed E-state index contributed by atoms with van der Waals surface area (Å²) in [7, 11) is 0. The summed E-state index contributed by atoms with van der Waals surface area (Å²) in [6.07, 6.45) is 1.09. The molecule has 1 aromatic carbocycles. The van der Waals surface area contributed by atoms with Crippen LogP contribution >= 0.6 is 0 Å². The molecule has 2 saturated heterocycles. The highest BCUT2D eigenvalue weighted by Crippen LogP contribution is 2.21. The van der Waals surface area contributed by atoms with Gasteiger partial charge in [0.1, 0.15) is 6.61 Å². The molecule has 0 bridgehead atoms. The number of amides is 2. The maximum absolute atomic E-state index is 12.2. The Morgan fingerprint density at radius 1 is 1.32 bits per heavy atom. The third-order valence-electron chi connectivity index (χ3n) is 5.07. The van der Waals surface area contributed by atoms with Crippen molar-refractivity contribution < 1.29 is 14.3 Å². The quantitative estimate of drug-likeness (QED) is 0.831. The van der Waals surface area contributed by atoms with Gasteiger partial charge in [0.25, 0.3) is 0 Å². The molecule has 0 aliphatic carbocycles. The molecule has 25 heavy (non-hydrogen) atoms. The predicted molar refractivity (Wildman–Crippen MR) is 94.8 cm³/mol. The van der Waals surface area contributed by atoms with E-state index in [9.17, 15) is 9.59 Å². The molecule has 2 amide bonds. The summed E-state index contributed by atoms with van der Waals surface area (Å²) in [4.78, 5) is 27.9. The Kier molecular flexibility index (Phi) is 6.04. The molecule has 2 heterocycles. The molecule has 2 atom stereocenters. The first-order chi connectivity index (χ1) is 12.1. The fourth-order valence-electron chi connectivity index (χ4n) is 3.56. The van der Waals surface area contributed by atoms with Crippen LogP contribution in [0.1, 0.15) is 18.9 Å². The van der Waals surface area contributed by atoms with E-state index >= 15 is 0 Å². The van der Waals surface area contributed by atoms with Crippen LogP contribution in [0, 0.1) is 5.92 Å². The highest BCUT2D eigenvalue weighted by Gasteiger charge is 2.29. The first kappa shape index (κ1) is 17.9. The third-order valence-corrected chi connectivity index (χ3v) is 5.07. The van der Waals surface area contributed by atoms with E-state index in [1.54, 1.807) is 4.90 Å². The van der Waals surface area contributed by atoms with Crippen LogP contribution in [0.5, 0.6) is 0 Å². The summed E-state index contributed by atoms with van der Waals surface area (Å²) in [5.74, 6) is 0.265. The molecule has 2 aliphatic rings. The van der Waals surface area contributed by atoms with Gasteiger partial charge in [0.2, 0.25) is 11.8 Å². The maximum atomic E-state index is 12.2. The van der Waals surface area contributed by atoms with Crippen molar-refractivity contribution in [2.24, 2.45) is 5.92 Å². The summed E-state index contributed by atoms with van der Waals surface area (Å²) in [5, 5.41) is 3.07. The topological polar surface area (TPSA) is 61.9 Å². The Bertz CT molecular complexity index is 593. The Hall–Kier alpha value is -1.92. The van der Waals surface area contributed by atoms with Crippen LogP contribution in [0.3, 0.4) is 0 Å². The molecule has 1 N–H and O–H groups in total. The second-order valence-electron chi connectivity index (χ2n) is 6.99. The number of ether oxygens (including phenoxy) is 1. The van der Waals surface area contributed by atoms with Crippen LogP contribution in [0.15, 0.2) is 30.3 Å². The lowest BCUT2D eigenvalue weighted by atomic mass is 10.0. The summed E-state index contributed by atoms with van der Waals surface area (Å²) in [5.41, 5.74) is 1.32. The number of likely N-dealkylation sites (tertiary alicyclic amines) is 1. The zero-order valence-corrected chi connectivity index (χ0v) is 14.8. The average molecular weight is 345 g/mol. The molecule has 0 unspecified atom stereocenters. The molecule has 136 valence electrons. The number of hydrogen-bond acceptors (Lipinski definition) is 4. The lowest BCUT2D eigenvalue weighted by Crippen LogP contribution is -2.49. The van der Waals surface area contributed by atoms with Gasteiger partial charge in [-0.2, -0.15) is 0 Å². The van der Waals surface area contributed by atoms with E-state index in [2.05, 4.69) is 41.4 Å². The van der Waals surface area contributed by atoms with E-state index < -0.39 is 0 Å². The third kappa shape index (κ3) is 5.03. The van der Waals surface area contributed by atoms with Gasteiger partial charge in [-0.1, -0.05) is 30.3 Å². The van der Waals surface area contributed by atoms with Gasteiger partial charge in [-0.3, -0.25) is 14.5 Å². The van der Waals surface area contributed by atoms with E-state index in [0.29, 0.717) is 19.1 Å². The highest BCUT2D eigenvalue weighted by molar-refractivity contribution is 5.85. The monoisotopic (exact) mass is 345 g/mol. The lowest BCUT2D eigenvalue weighted by molar-refractivity contribution is -0.146. The average Bonchev–Trinajstić information content (AvgIpc) is 3.06. The van der Waals surface area contributed by atoms with Crippen molar-refractivity contribution in [2.75, 3.05) is 39.4 Å². The van der Waals surface area contributed by atoms with Crippen molar-refractivity contribution in [3.05, 3.63) is 35.9 Å². The van der Waals surface area contributed by atoms with Crippen LogP contribution in [0.25, 0.3) is 0 Å². The molecule has 0 aromatic heterocycles. The van der Waals surface area contributed by atoms with Crippen molar-refractivity contribution in [1.82, 2.24) is 15.1 Å². The minimum Gasteiger partial charge on any atom is -0.370 e. The molecular formula is C19H27N3O3. The lowest BCUT2D eigenvalue weighted by Gasteiger charge is -2.28. The van der Waals surface area contributed by atoms with E-state index in [1.807, 2.05) is 6.07 Å². The Labute approximate surface area is 149 Å².